The predicted molar refractivity (Wildman–Crippen MR) is 90.6 cm³/mol. The minimum Gasteiger partial charge on any atom is -0.311 e. The number of para-hydroxylation sites is 1. The van der Waals surface area contributed by atoms with Crippen LogP contribution in [0.1, 0.15) is 18.9 Å². The van der Waals surface area contributed by atoms with Crippen molar-refractivity contribution in [3.05, 3.63) is 29.8 Å². The van der Waals surface area contributed by atoms with Gasteiger partial charge in [0.05, 0.1) is 13.1 Å². The monoisotopic (exact) mass is 337 g/mol. The molecule has 0 radical (unpaired) electrons. The van der Waals surface area contributed by atoms with Crippen molar-refractivity contribution >= 4 is 11.6 Å². The number of carbonyl (C=O) groups is 1. The number of amides is 1. The molecule has 2 heterocycles. The Morgan fingerprint density at radius 3 is 2.79 bits per heavy atom. The molecular weight excluding hydrogens is 312 g/mol. The Morgan fingerprint density at radius 1 is 1.25 bits per heavy atom. The third-order valence-electron chi connectivity index (χ3n) is 5.08. The van der Waals surface area contributed by atoms with Crippen molar-refractivity contribution in [1.82, 2.24) is 9.80 Å². The molecule has 2 aliphatic rings. The molecule has 1 amide bonds. The number of carbonyl (C=O) groups excluding carboxylic acids is 1. The summed E-state index contributed by atoms with van der Waals surface area (Å²) in [6, 6.07) is 8.13. The van der Waals surface area contributed by atoms with Crippen molar-refractivity contribution in [2.24, 2.45) is 0 Å². The topological polar surface area (TPSA) is 26.8 Å². The minimum absolute atomic E-state index is 0.103. The van der Waals surface area contributed by atoms with Crippen LogP contribution in [-0.4, -0.2) is 67.4 Å². The Hall–Kier alpha value is -1.53. The number of alkyl halides is 2. The van der Waals surface area contributed by atoms with Gasteiger partial charge in [0.15, 0.2) is 0 Å². The first kappa shape index (κ1) is 17.3. The van der Waals surface area contributed by atoms with Crippen molar-refractivity contribution in [3.8, 4) is 0 Å². The molecule has 1 aromatic carbocycles. The van der Waals surface area contributed by atoms with Crippen LogP contribution < -0.4 is 4.90 Å². The van der Waals surface area contributed by atoms with Crippen LogP contribution >= 0.6 is 0 Å². The summed E-state index contributed by atoms with van der Waals surface area (Å²) in [6.45, 7) is 4.92. The highest BCUT2D eigenvalue weighted by Gasteiger charge is 2.31. The highest BCUT2D eigenvalue weighted by atomic mass is 19.3. The molecule has 3 rings (SSSR count). The van der Waals surface area contributed by atoms with Gasteiger partial charge in [0.25, 0.3) is 6.43 Å². The highest BCUT2D eigenvalue weighted by molar-refractivity contribution is 5.96. The lowest BCUT2D eigenvalue weighted by Crippen LogP contribution is -2.55. The van der Waals surface area contributed by atoms with Gasteiger partial charge in [0.2, 0.25) is 5.91 Å². The Labute approximate surface area is 142 Å². The van der Waals surface area contributed by atoms with Gasteiger partial charge in [-0.15, -0.1) is 0 Å². The minimum atomic E-state index is -2.30. The largest absolute Gasteiger partial charge is 0.311 e. The van der Waals surface area contributed by atoms with Crippen LogP contribution in [0.4, 0.5) is 14.5 Å². The average Bonchev–Trinajstić information content (AvgIpc) is 3.00. The lowest BCUT2D eigenvalue weighted by atomic mass is 10.1. The van der Waals surface area contributed by atoms with Crippen LogP contribution in [0.2, 0.25) is 0 Å². The summed E-state index contributed by atoms with van der Waals surface area (Å²) < 4.78 is 25.3. The first-order chi connectivity index (χ1) is 11.6. The molecule has 1 saturated heterocycles. The van der Waals surface area contributed by atoms with Crippen LogP contribution in [0.3, 0.4) is 0 Å². The molecule has 2 aliphatic heterocycles. The Bertz CT molecular complexity index is 581. The standard InChI is InChI=1S/C18H25F2N3O/c1-2-15-11-21(9-10-22(15)12-17(19)20)13-18(24)23-8-7-14-5-3-4-6-16(14)23/h3-6,15,17H,2,7-13H2,1H3. The van der Waals surface area contributed by atoms with E-state index in [9.17, 15) is 13.6 Å². The van der Waals surface area contributed by atoms with Crippen molar-refractivity contribution in [3.63, 3.8) is 0 Å². The molecule has 24 heavy (non-hydrogen) atoms. The predicted octanol–water partition coefficient (Wildman–Crippen LogP) is 2.24. The smallest absolute Gasteiger partial charge is 0.251 e. The van der Waals surface area contributed by atoms with Gasteiger partial charge < -0.3 is 4.90 Å². The lowest BCUT2D eigenvalue weighted by Gasteiger charge is -2.41. The van der Waals surface area contributed by atoms with E-state index in [1.807, 2.05) is 34.9 Å². The summed E-state index contributed by atoms with van der Waals surface area (Å²) in [6.07, 6.45) is -0.570. The summed E-state index contributed by atoms with van der Waals surface area (Å²) in [5, 5.41) is 0. The second-order valence-electron chi connectivity index (χ2n) is 6.61. The first-order valence-corrected chi connectivity index (χ1v) is 8.71. The second kappa shape index (κ2) is 7.57. The third-order valence-corrected chi connectivity index (χ3v) is 5.08. The molecule has 1 atom stereocenters. The molecule has 0 bridgehead atoms. The van der Waals surface area contributed by atoms with E-state index in [0.717, 1.165) is 25.1 Å². The van der Waals surface area contributed by atoms with Gasteiger partial charge in [-0.2, -0.15) is 0 Å². The number of halogens is 2. The second-order valence-corrected chi connectivity index (χ2v) is 6.61. The maximum Gasteiger partial charge on any atom is 0.251 e. The SMILES string of the molecule is CCC1CN(CC(=O)N2CCc3ccccc32)CCN1CC(F)F. The fraction of sp³-hybridized carbons (Fsp3) is 0.611. The fourth-order valence-electron chi connectivity index (χ4n) is 3.78. The maximum absolute atomic E-state index is 12.7. The van der Waals surface area contributed by atoms with E-state index in [4.69, 9.17) is 0 Å². The van der Waals surface area contributed by atoms with Gasteiger partial charge in [-0.05, 0) is 24.5 Å². The van der Waals surface area contributed by atoms with Crippen molar-refractivity contribution in [2.45, 2.75) is 32.2 Å². The Morgan fingerprint density at radius 2 is 2.04 bits per heavy atom. The molecule has 1 aromatic rings. The van der Waals surface area contributed by atoms with Gasteiger partial charge in [-0.3, -0.25) is 14.6 Å². The summed E-state index contributed by atoms with van der Waals surface area (Å²) in [5.74, 6) is 0.108. The number of rotatable bonds is 5. The van der Waals surface area contributed by atoms with E-state index in [1.54, 1.807) is 0 Å². The van der Waals surface area contributed by atoms with Gasteiger partial charge >= 0.3 is 0 Å². The summed E-state index contributed by atoms with van der Waals surface area (Å²) in [7, 11) is 0. The molecule has 1 fully saturated rings. The van der Waals surface area contributed by atoms with E-state index in [-0.39, 0.29) is 18.5 Å². The van der Waals surface area contributed by atoms with Gasteiger partial charge in [0, 0.05) is 37.9 Å². The average molecular weight is 337 g/mol. The van der Waals surface area contributed by atoms with Crippen LogP contribution in [0.15, 0.2) is 24.3 Å². The molecule has 0 N–H and O–H groups in total. The fourth-order valence-corrected chi connectivity index (χ4v) is 3.78. The molecular formula is C18H25F2N3O. The molecule has 0 aliphatic carbocycles. The number of piperazine rings is 1. The van der Waals surface area contributed by atoms with E-state index in [0.29, 0.717) is 26.2 Å². The first-order valence-electron chi connectivity index (χ1n) is 8.71. The highest BCUT2D eigenvalue weighted by Crippen LogP contribution is 2.27. The number of nitrogens with zero attached hydrogens (tertiary/aromatic N) is 3. The van der Waals surface area contributed by atoms with Gasteiger partial charge in [-0.1, -0.05) is 25.1 Å². The Kier molecular flexibility index (Phi) is 5.46. The summed E-state index contributed by atoms with van der Waals surface area (Å²) in [5.41, 5.74) is 2.24. The van der Waals surface area contributed by atoms with Crippen LogP contribution in [0.25, 0.3) is 0 Å². The van der Waals surface area contributed by atoms with E-state index >= 15 is 0 Å². The molecule has 6 heteroatoms. The zero-order valence-electron chi connectivity index (χ0n) is 14.1. The number of fused-ring (bicyclic) bond motifs is 1. The summed E-state index contributed by atoms with van der Waals surface area (Å²) >= 11 is 0. The molecule has 0 aromatic heterocycles. The zero-order valence-corrected chi connectivity index (χ0v) is 14.1. The van der Waals surface area contributed by atoms with Gasteiger partial charge in [-0.25, -0.2) is 8.78 Å². The zero-order chi connectivity index (χ0) is 17.1. The maximum atomic E-state index is 12.7. The normalized spacial score (nSPS) is 22.2. The number of hydrogen-bond acceptors (Lipinski definition) is 3. The van der Waals surface area contributed by atoms with E-state index in [2.05, 4.69) is 11.0 Å². The van der Waals surface area contributed by atoms with Crippen LogP contribution in [-0.2, 0) is 11.2 Å². The van der Waals surface area contributed by atoms with Crippen LogP contribution in [0, 0.1) is 0 Å². The van der Waals surface area contributed by atoms with Crippen LogP contribution in [0.5, 0.6) is 0 Å². The quantitative estimate of drug-likeness (QED) is 0.824. The molecule has 132 valence electrons. The third kappa shape index (κ3) is 3.75. The lowest BCUT2D eigenvalue weighted by molar-refractivity contribution is -0.120. The van der Waals surface area contributed by atoms with Crippen molar-refractivity contribution in [1.29, 1.82) is 0 Å². The molecule has 0 spiro atoms. The van der Waals surface area contributed by atoms with Crippen molar-refractivity contribution in [2.75, 3.05) is 44.2 Å². The Balaban J connectivity index is 1.58. The number of benzene rings is 1. The number of hydrogen-bond donors (Lipinski definition) is 0. The molecule has 1 unspecified atom stereocenters. The number of anilines is 1. The van der Waals surface area contributed by atoms with E-state index in [1.165, 1.54) is 5.56 Å². The summed E-state index contributed by atoms with van der Waals surface area (Å²) in [4.78, 5) is 18.5. The van der Waals surface area contributed by atoms with Crippen molar-refractivity contribution < 1.29 is 13.6 Å². The van der Waals surface area contributed by atoms with Gasteiger partial charge in [0.1, 0.15) is 0 Å². The molecule has 4 nitrogen and oxygen atoms in total. The van der Waals surface area contributed by atoms with E-state index < -0.39 is 6.43 Å². The molecule has 0 saturated carbocycles.